The molecule has 4 heteroatoms. The highest BCUT2D eigenvalue weighted by Gasteiger charge is 2.23. The van der Waals surface area contributed by atoms with Gasteiger partial charge in [0.15, 0.2) is 0 Å². The van der Waals surface area contributed by atoms with Gasteiger partial charge in [0.1, 0.15) is 11.9 Å². The highest BCUT2D eigenvalue weighted by molar-refractivity contribution is 6.30. The quantitative estimate of drug-likeness (QED) is 0.386. The van der Waals surface area contributed by atoms with Crippen LogP contribution in [0, 0.1) is 0 Å². The van der Waals surface area contributed by atoms with Gasteiger partial charge in [-0.15, -0.1) is 0 Å². The third-order valence-electron chi connectivity index (χ3n) is 4.59. The molecular weight excluding hydrogens is 368 g/mol. The smallest absolute Gasteiger partial charge is 0.144 e. The summed E-state index contributed by atoms with van der Waals surface area (Å²) in [6, 6.07) is 28.2. The molecule has 0 spiro atoms. The van der Waals surface area contributed by atoms with E-state index in [4.69, 9.17) is 21.3 Å². The number of nitrogens with zero attached hydrogens (tertiary/aromatic N) is 2. The third kappa shape index (κ3) is 3.72. The van der Waals surface area contributed by atoms with E-state index in [0.717, 1.165) is 28.3 Å². The van der Waals surface area contributed by atoms with E-state index in [-0.39, 0.29) is 6.10 Å². The minimum absolute atomic E-state index is 0.227. The standard InChI is InChI=1S/C24H21ClN2O/c1-2-28-23(18-10-5-3-6-11-18)22-17-26-24(19-12-7-4-8-13-19)27(22)21-15-9-14-20(25)16-21/h3-17,23H,2H2,1H3. The summed E-state index contributed by atoms with van der Waals surface area (Å²) < 4.78 is 8.30. The second-order valence-electron chi connectivity index (χ2n) is 6.43. The van der Waals surface area contributed by atoms with Crippen LogP contribution < -0.4 is 0 Å². The normalized spacial score (nSPS) is 12.1. The Hall–Kier alpha value is -2.88. The van der Waals surface area contributed by atoms with Gasteiger partial charge in [-0.05, 0) is 30.7 Å². The van der Waals surface area contributed by atoms with Crippen LogP contribution in [0.25, 0.3) is 17.1 Å². The summed E-state index contributed by atoms with van der Waals surface area (Å²) in [5, 5.41) is 0.684. The lowest BCUT2D eigenvalue weighted by molar-refractivity contribution is 0.0873. The van der Waals surface area contributed by atoms with Gasteiger partial charge in [-0.1, -0.05) is 78.3 Å². The average Bonchev–Trinajstić information content (AvgIpc) is 3.18. The van der Waals surface area contributed by atoms with Crippen molar-refractivity contribution in [2.75, 3.05) is 6.61 Å². The lowest BCUT2D eigenvalue weighted by Gasteiger charge is -2.21. The molecule has 0 saturated heterocycles. The van der Waals surface area contributed by atoms with Crippen molar-refractivity contribution in [3.05, 3.63) is 107 Å². The first-order valence-corrected chi connectivity index (χ1v) is 9.71. The maximum atomic E-state index is 6.31. The van der Waals surface area contributed by atoms with Crippen LogP contribution in [0.1, 0.15) is 24.3 Å². The van der Waals surface area contributed by atoms with E-state index < -0.39 is 0 Å². The molecule has 3 aromatic carbocycles. The third-order valence-corrected chi connectivity index (χ3v) is 4.83. The molecule has 0 aliphatic carbocycles. The van der Waals surface area contributed by atoms with E-state index in [9.17, 15) is 0 Å². The van der Waals surface area contributed by atoms with Gasteiger partial charge in [0.2, 0.25) is 0 Å². The number of hydrogen-bond donors (Lipinski definition) is 0. The molecule has 0 N–H and O–H groups in total. The molecule has 0 aliphatic heterocycles. The highest BCUT2D eigenvalue weighted by atomic mass is 35.5. The second kappa shape index (κ2) is 8.42. The zero-order valence-corrected chi connectivity index (χ0v) is 16.4. The number of ether oxygens (including phenoxy) is 1. The molecule has 1 unspecified atom stereocenters. The number of aromatic nitrogens is 2. The summed E-state index contributed by atoms with van der Waals surface area (Å²) in [7, 11) is 0. The van der Waals surface area contributed by atoms with Crippen molar-refractivity contribution in [2.24, 2.45) is 0 Å². The number of halogens is 1. The van der Waals surface area contributed by atoms with Crippen molar-refractivity contribution in [3.8, 4) is 17.1 Å². The summed E-state index contributed by atoms with van der Waals surface area (Å²) in [6.45, 7) is 2.61. The lowest BCUT2D eigenvalue weighted by Crippen LogP contribution is -2.12. The maximum absolute atomic E-state index is 6.31. The molecule has 1 aromatic heterocycles. The highest BCUT2D eigenvalue weighted by Crippen LogP contribution is 2.33. The molecule has 1 atom stereocenters. The molecule has 0 saturated carbocycles. The van der Waals surface area contributed by atoms with E-state index in [1.807, 2.05) is 73.8 Å². The molecule has 0 aliphatic rings. The summed E-state index contributed by atoms with van der Waals surface area (Å²) in [5.41, 5.74) is 4.05. The molecule has 1 heterocycles. The van der Waals surface area contributed by atoms with E-state index >= 15 is 0 Å². The predicted octanol–water partition coefficient (Wildman–Crippen LogP) is 6.32. The fourth-order valence-electron chi connectivity index (χ4n) is 3.37. The van der Waals surface area contributed by atoms with Gasteiger partial charge in [0.05, 0.1) is 11.9 Å². The van der Waals surface area contributed by atoms with Crippen molar-refractivity contribution in [1.29, 1.82) is 0 Å². The average molecular weight is 389 g/mol. The Morgan fingerprint density at radius 1 is 0.929 bits per heavy atom. The van der Waals surface area contributed by atoms with Crippen LogP contribution in [-0.4, -0.2) is 16.2 Å². The minimum Gasteiger partial charge on any atom is -0.367 e. The first-order valence-electron chi connectivity index (χ1n) is 9.33. The number of rotatable bonds is 6. The van der Waals surface area contributed by atoms with Crippen LogP contribution in [0.5, 0.6) is 0 Å². The molecular formula is C24H21ClN2O. The molecule has 3 nitrogen and oxygen atoms in total. The Morgan fingerprint density at radius 2 is 1.64 bits per heavy atom. The van der Waals surface area contributed by atoms with Gasteiger partial charge in [0, 0.05) is 22.9 Å². The maximum Gasteiger partial charge on any atom is 0.144 e. The molecule has 4 rings (SSSR count). The molecule has 4 aromatic rings. The molecule has 0 amide bonds. The number of imidazole rings is 1. The molecule has 140 valence electrons. The molecule has 0 radical (unpaired) electrons. The van der Waals surface area contributed by atoms with Gasteiger partial charge in [-0.2, -0.15) is 0 Å². The topological polar surface area (TPSA) is 27.1 Å². The molecule has 0 fully saturated rings. The van der Waals surface area contributed by atoms with Crippen LogP contribution >= 0.6 is 11.6 Å². The van der Waals surface area contributed by atoms with E-state index in [1.54, 1.807) is 0 Å². The van der Waals surface area contributed by atoms with Crippen LogP contribution in [0.4, 0.5) is 0 Å². The summed E-state index contributed by atoms with van der Waals surface area (Å²) in [4.78, 5) is 4.76. The van der Waals surface area contributed by atoms with Crippen molar-refractivity contribution >= 4 is 11.6 Å². The van der Waals surface area contributed by atoms with Gasteiger partial charge in [-0.25, -0.2) is 4.98 Å². The van der Waals surface area contributed by atoms with E-state index in [2.05, 4.69) is 28.8 Å². The summed E-state index contributed by atoms with van der Waals surface area (Å²) >= 11 is 6.31. The van der Waals surface area contributed by atoms with Gasteiger partial charge < -0.3 is 4.74 Å². The Labute approximate surface area is 170 Å². The van der Waals surface area contributed by atoms with Crippen LogP contribution in [0.15, 0.2) is 91.1 Å². The second-order valence-corrected chi connectivity index (χ2v) is 6.87. The van der Waals surface area contributed by atoms with E-state index in [0.29, 0.717) is 11.6 Å². The first kappa shape index (κ1) is 18.5. The van der Waals surface area contributed by atoms with Crippen molar-refractivity contribution < 1.29 is 4.74 Å². The van der Waals surface area contributed by atoms with Crippen molar-refractivity contribution in [1.82, 2.24) is 9.55 Å². The van der Waals surface area contributed by atoms with Crippen LogP contribution in [0.2, 0.25) is 5.02 Å². The Morgan fingerprint density at radius 3 is 2.32 bits per heavy atom. The predicted molar refractivity (Wildman–Crippen MR) is 114 cm³/mol. The first-order chi connectivity index (χ1) is 13.8. The molecule has 28 heavy (non-hydrogen) atoms. The summed E-state index contributed by atoms with van der Waals surface area (Å²) in [5.74, 6) is 0.860. The Balaban J connectivity index is 1.93. The fraction of sp³-hybridized carbons (Fsp3) is 0.125. The van der Waals surface area contributed by atoms with E-state index in [1.165, 1.54) is 0 Å². The van der Waals surface area contributed by atoms with Crippen LogP contribution in [0.3, 0.4) is 0 Å². The van der Waals surface area contributed by atoms with Crippen LogP contribution in [-0.2, 0) is 4.74 Å². The minimum atomic E-state index is -0.227. The van der Waals surface area contributed by atoms with Crippen molar-refractivity contribution in [2.45, 2.75) is 13.0 Å². The summed E-state index contributed by atoms with van der Waals surface area (Å²) in [6.07, 6.45) is 1.67. The monoisotopic (exact) mass is 388 g/mol. The van der Waals surface area contributed by atoms with Gasteiger partial charge in [0.25, 0.3) is 0 Å². The number of hydrogen-bond acceptors (Lipinski definition) is 2. The Bertz CT molecular complexity index is 1040. The number of benzene rings is 3. The lowest BCUT2D eigenvalue weighted by atomic mass is 10.1. The van der Waals surface area contributed by atoms with Gasteiger partial charge in [-0.3, -0.25) is 4.57 Å². The fourth-order valence-corrected chi connectivity index (χ4v) is 3.56. The SMILES string of the molecule is CCOC(c1ccccc1)c1cnc(-c2ccccc2)n1-c1cccc(Cl)c1. The van der Waals surface area contributed by atoms with Crippen molar-refractivity contribution in [3.63, 3.8) is 0 Å². The zero-order valence-electron chi connectivity index (χ0n) is 15.6. The largest absolute Gasteiger partial charge is 0.367 e. The Kier molecular flexibility index (Phi) is 5.56. The molecule has 0 bridgehead atoms. The van der Waals surface area contributed by atoms with Gasteiger partial charge >= 0.3 is 0 Å². The zero-order chi connectivity index (χ0) is 19.3.